The van der Waals surface area contributed by atoms with Gasteiger partial charge in [-0.1, -0.05) is 0 Å². The third-order valence-corrected chi connectivity index (χ3v) is 7.41. The van der Waals surface area contributed by atoms with Gasteiger partial charge >= 0.3 is 5.97 Å². The van der Waals surface area contributed by atoms with Gasteiger partial charge in [0, 0.05) is 20.3 Å². The molecule has 266 valence electrons. The number of carboxylic acids is 1. The van der Waals surface area contributed by atoms with Gasteiger partial charge in [-0.15, -0.1) is 0 Å². The van der Waals surface area contributed by atoms with Gasteiger partial charge in [0.1, 0.15) is 73.4 Å². The summed E-state index contributed by atoms with van der Waals surface area (Å²) in [6.45, 7) is -1.19. The number of nitrogens with one attached hydrogen (secondary N) is 2. The summed E-state index contributed by atoms with van der Waals surface area (Å²) < 4.78 is 21.8. The molecule has 21 heteroatoms. The van der Waals surface area contributed by atoms with Crippen LogP contribution in [0.15, 0.2) is 0 Å². The van der Waals surface area contributed by atoms with E-state index in [2.05, 4.69) is 10.6 Å². The minimum Gasteiger partial charge on any atom is -0.477 e. The number of carbonyl (C=O) groups is 4. The van der Waals surface area contributed by atoms with E-state index < -0.39 is 135 Å². The SMILES string of the molecule is CC(=O)N[C@H]1[C@H]([C@@H](O)[C@H](O)CO)O[C@@](O[C@H]2[C@H](O)[C@@H](O[C@H]([C@@H](O)[C@@H](C=O)NC(C)=O)[C@H](O)CO)O[C@@H](CO)[C@@H]2O)(C(=O)O)C[C@@H]1O. The number of aliphatic hydroxyl groups excluding tert-OH is 10. The van der Waals surface area contributed by atoms with Crippen LogP contribution in [-0.4, -0.2) is 191 Å². The first-order valence-corrected chi connectivity index (χ1v) is 14.0. The molecule has 0 aliphatic carbocycles. The highest BCUT2D eigenvalue weighted by molar-refractivity contribution is 5.77. The lowest BCUT2D eigenvalue weighted by Crippen LogP contribution is -2.70. The fraction of sp³-hybridized carbons (Fsp3) is 0.840. The molecule has 0 aromatic rings. The quantitative estimate of drug-likeness (QED) is 0.0676. The van der Waals surface area contributed by atoms with E-state index in [1.807, 2.05) is 0 Å². The molecule has 0 aromatic carbocycles. The fourth-order valence-corrected chi connectivity index (χ4v) is 5.07. The number of carboxylic acid groups (broad SMARTS) is 1. The maximum absolute atomic E-state index is 12.6. The van der Waals surface area contributed by atoms with Gasteiger partial charge in [0.15, 0.2) is 6.29 Å². The van der Waals surface area contributed by atoms with Crippen LogP contribution >= 0.6 is 0 Å². The highest BCUT2D eigenvalue weighted by Crippen LogP contribution is 2.37. The van der Waals surface area contributed by atoms with E-state index in [0.29, 0.717) is 0 Å². The number of hydrogen-bond acceptors (Lipinski definition) is 18. The van der Waals surface area contributed by atoms with Gasteiger partial charge in [0.25, 0.3) is 5.79 Å². The molecule has 2 amide bonds. The van der Waals surface area contributed by atoms with Crippen LogP contribution in [0.25, 0.3) is 0 Å². The Morgan fingerprint density at radius 3 is 2.07 bits per heavy atom. The van der Waals surface area contributed by atoms with E-state index in [-0.39, 0.29) is 6.29 Å². The predicted molar refractivity (Wildman–Crippen MR) is 143 cm³/mol. The summed E-state index contributed by atoms with van der Waals surface area (Å²) in [5, 5.41) is 118. The molecule has 13 N–H and O–H groups in total. The van der Waals surface area contributed by atoms with Crippen LogP contribution in [0.3, 0.4) is 0 Å². The van der Waals surface area contributed by atoms with E-state index >= 15 is 0 Å². The third-order valence-electron chi connectivity index (χ3n) is 7.41. The Bertz CT molecular complexity index is 1040. The molecular formula is C25H42N2O19. The average molecular weight is 675 g/mol. The minimum absolute atomic E-state index is 0.0754. The second kappa shape index (κ2) is 17.1. The first-order chi connectivity index (χ1) is 21.5. The lowest BCUT2D eigenvalue weighted by atomic mass is 9.88. The van der Waals surface area contributed by atoms with Crippen LogP contribution in [0.5, 0.6) is 0 Å². The molecule has 2 saturated heterocycles. The topological polar surface area (TPSA) is 352 Å². The van der Waals surface area contributed by atoms with Crippen molar-refractivity contribution in [1.29, 1.82) is 0 Å². The van der Waals surface area contributed by atoms with Crippen molar-refractivity contribution < 1.29 is 94.3 Å². The number of aliphatic hydroxyl groups is 10. The fourth-order valence-electron chi connectivity index (χ4n) is 5.07. The maximum Gasteiger partial charge on any atom is 0.364 e. The summed E-state index contributed by atoms with van der Waals surface area (Å²) in [5.41, 5.74) is 0. The lowest BCUT2D eigenvalue weighted by Gasteiger charge is -2.50. The Morgan fingerprint density at radius 1 is 0.978 bits per heavy atom. The van der Waals surface area contributed by atoms with Crippen LogP contribution in [0, 0.1) is 0 Å². The second-order valence-corrected chi connectivity index (χ2v) is 10.9. The average Bonchev–Trinajstić information content (AvgIpc) is 3.00. The minimum atomic E-state index is -3.08. The summed E-state index contributed by atoms with van der Waals surface area (Å²) in [4.78, 5) is 47.3. The summed E-state index contributed by atoms with van der Waals surface area (Å²) in [7, 11) is 0. The van der Waals surface area contributed by atoms with E-state index in [1.54, 1.807) is 0 Å². The van der Waals surface area contributed by atoms with Crippen molar-refractivity contribution in [2.45, 2.75) is 112 Å². The molecule has 0 bridgehead atoms. The maximum atomic E-state index is 12.6. The molecule has 2 aliphatic heterocycles. The van der Waals surface area contributed by atoms with Gasteiger partial charge in [-0.3, -0.25) is 9.59 Å². The first-order valence-electron chi connectivity index (χ1n) is 14.0. The van der Waals surface area contributed by atoms with Gasteiger partial charge in [0.2, 0.25) is 11.8 Å². The molecule has 2 aliphatic rings. The van der Waals surface area contributed by atoms with Crippen LogP contribution in [-0.2, 0) is 38.1 Å². The van der Waals surface area contributed by atoms with Crippen molar-refractivity contribution in [3.05, 3.63) is 0 Å². The highest BCUT2D eigenvalue weighted by Gasteiger charge is 2.59. The van der Waals surface area contributed by atoms with E-state index in [1.165, 1.54) is 0 Å². The van der Waals surface area contributed by atoms with Crippen LogP contribution < -0.4 is 10.6 Å². The van der Waals surface area contributed by atoms with Crippen LogP contribution in [0.1, 0.15) is 20.3 Å². The Kier molecular flexibility index (Phi) is 14.7. The number of rotatable bonds is 16. The zero-order valence-corrected chi connectivity index (χ0v) is 24.7. The van der Waals surface area contributed by atoms with Gasteiger partial charge in [-0.05, 0) is 0 Å². The van der Waals surface area contributed by atoms with Crippen molar-refractivity contribution in [3.8, 4) is 0 Å². The Balaban J connectivity index is 2.51. The monoisotopic (exact) mass is 674 g/mol. The third kappa shape index (κ3) is 9.11. The van der Waals surface area contributed by atoms with Crippen molar-refractivity contribution in [2.75, 3.05) is 19.8 Å². The number of carbonyl (C=O) groups excluding carboxylic acids is 3. The van der Waals surface area contributed by atoms with E-state index in [0.717, 1.165) is 13.8 Å². The molecule has 21 nitrogen and oxygen atoms in total. The number of ether oxygens (including phenoxy) is 4. The van der Waals surface area contributed by atoms with Gasteiger partial charge < -0.3 is 90.5 Å². The second-order valence-electron chi connectivity index (χ2n) is 10.9. The molecule has 0 aromatic heterocycles. The normalized spacial score (nSPS) is 35.6. The Hall–Kier alpha value is -2.48. The summed E-state index contributed by atoms with van der Waals surface area (Å²) >= 11 is 0. The van der Waals surface area contributed by atoms with Crippen molar-refractivity contribution in [3.63, 3.8) is 0 Å². The number of hydrogen-bond donors (Lipinski definition) is 13. The first kappa shape index (κ1) is 39.7. The molecule has 2 fully saturated rings. The molecule has 0 spiro atoms. The molecule has 2 rings (SSSR count). The molecule has 0 unspecified atom stereocenters. The van der Waals surface area contributed by atoms with Crippen molar-refractivity contribution >= 4 is 24.1 Å². The van der Waals surface area contributed by atoms with Crippen LogP contribution in [0.4, 0.5) is 0 Å². The van der Waals surface area contributed by atoms with E-state index in [9.17, 15) is 75.3 Å². The number of aliphatic carboxylic acids is 1. The van der Waals surface area contributed by atoms with Gasteiger partial charge in [-0.2, -0.15) is 0 Å². The van der Waals surface area contributed by atoms with Crippen LogP contribution in [0.2, 0.25) is 0 Å². The number of amides is 2. The number of aldehydes is 1. The molecule has 0 radical (unpaired) electrons. The van der Waals surface area contributed by atoms with Crippen molar-refractivity contribution in [1.82, 2.24) is 10.6 Å². The summed E-state index contributed by atoms with van der Waals surface area (Å²) in [6.07, 6.45) is -25.6. The van der Waals surface area contributed by atoms with Gasteiger partial charge in [-0.25, -0.2) is 4.79 Å². The zero-order chi connectivity index (χ0) is 35.1. The molecular weight excluding hydrogens is 632 g/mol. The lowest BCUT2D eigenvalue weighted by molar-refractivity contribution is -0.376. The molecule has 0 saturated carbocycles. The smallest absolute Gasteiger partial charge is 0.364 e. The Morgan fingerprint density at radius 2 is 1.59 bits per heavy atom. The largest absolute Gasteiger partial charge is 0.477 e. The molecule has 2 heterocycles. The van der Waals surface area contributed by atoms with Crippen molar-refractivity contribution in [2.24, 2.45) is 0 Å². The predicted octanol–water partition coefficient (Wildman–Crippen LogP) is -8.24. The standard InChI is InChI=1S/C25H42N2O19/c1-8(32)26-10(4-28)16(37)20(13(36)6-30)44-23-19(40)22(18(39)14(7-31)43-23)46-25(24(41)42)3-11(34)15(27-9(2)33)21(45-25)17(38)12(35)5-29/h4,10-23,29-31,34-40H,3,5-7H2,1-2H3,(H,26,32)(H,27,33)(H,41,42)/t10-,11+,12-,13-,14+,15-,16+,17+,18+,19+,20+,21-,22-,23-,25+/m1/s1. The summed E-state index contributed by atoms with van der Waals surface area (Å²) in [6, 6.07) is -3.30. The van der Waals surface area contributed by atoms with Gasteiger partial charge in [0.05, 0.1) is 32.0 Å². The van der Waals surface area contributed by atoms with E-state index in [4.69, 9.17) is 18.9 Å². The zero-order valence-electron chi connectivity index (χ0n) is 24.7. The molecule has 15 atom stereocenters. The highest BCUT2D eigenvalue weighted by atomic mass is 16.8. The molecule has 46 heavy (non-hydrogen) atoms. The summed E-state index contributed by atoms with van der Waals surface area (Å²) in [5.74, 6) is -6.66. The Labute approximate surface area is 260 Å².